The molecule has 0 bridgehead atoms. The van der Waals surface area contributed by atoms with Crippen molar-refractivity contribution in [1.29, 1.82) is 0 Å². The maximum atomic E-state index is 13.4. The van der Waals surface area contributed by atoms with Gasteiger partial charge in [0.2, 0.25) is 11.7 Å². The third-order valence-electron chi connectivity index (χ3n) is 6.67. The van der Waals surface area contributed by atoms with E-state index in [9.17, 15) is 39.6 Å². The Morgan fingerprint density at radius 3 is 2.47 bits per heavy atom. The number of anilines is 1. The van der Waals surface area contributed by atoms with Gasteiger partial charge in [-0.3, -0.25) is 19.2 Å². The topological polar surface area (TPSA) is 190 Å². The fourth-order valence-corrected chi connectivity index (χ4v) is 5.17. The predicted octanol–water partition coefficient (Wildman–Crippen LogP) is 0.0806. The Hall–Kier alpha value is -3.70. The SMILES string of the molecule is CN(C)CC(=O)Nc1ccc2c(c1O)C(=O)C1=C(O)[C@]3(O)C(=O)C(C(N)=O)=C(O)C[C@@H]3C[C@@H]1C2. The number of hydrogen-bond acceptors (Lipinski definition) is 9. The van der Waals surface area contributed by atoms with Gasteiger partial charge in [-0.1, -0.05) is 6.07 Å². The van der Waals surface area contributed by atoms with Gasteiger partial charge in [-0.05, 0) is 44.5 Å². The van der Waals surface area contributed by atoms with Gasteiger partial charge in [0.1, 0.15) is 17.1 Å². The number of aliphatic hydroxyl groups excluding tert-OH is 2. The molecule has 4 rings (SSSR count). The summed E-state index contributed by atoms with van der Waals surface area (Å²) in [7, 11) is 3.38. The van der Waals surface area contributed by atoms with Gasteiger partial charge in [0, 0.05) is 17.9 Å². The van der Waals surface area contributed by atoms with E-state index in [1.807, 2.05) is 0 Å². The molecule has 180 valence electrons. The van der Waals surface area contributed by atoms with Crippen LogP contribution in [0.15, 0.2) is 34.8 Å². The van der Waals surface area contributed by atoms with Crippen LogP contribution in [0.2, 0.25) is 0 Å². The van der Waals surface area contributed by atoms with Gasteiger partial charge < -0.3 is 36.4 Å². The van der Waals surface area contributed by atoms with Crippen molar-refractivity contribution in [2.75, 3.05) is 26.0 Å². The summed E-state index contributed by atoms with van der Waals surface area (Å²) in [5.41, 5.74) is 1.82. The first-order valence-electron chi connectivity index (χ1n) is 10.6. The molecule has 0 saturated heterocycles. The number of amides is 2. The number of benzene rings is 1. The number of hydrogen-bond donors (Lipinski definition) is 6. The second kappa shape index (κ2) is 7.96. The molecule has 11 heteroatoms. The number of allylic oxidation sites excluding steroid dienone is 2. The van der Waals surface area contributed by atoms with Crippen LogP contribution in [-0.4, -0.2) is 74.9 Å². The lowest BCUT2D eigenvalue weighted by Gasteiger charge is -2.45. The highest BCUT2D eigenvalue weighted by Crippen LogP contribution is 2.51. The average molecular weight is 471 g/mol. The number of Topliss-reactive ketones (excluding diaryl/α,β-unsaturated/α-hetero) is 2. The molecule has 0 radical (unpaired) electrons. The minimum absolute atomic E-state index is 0.00232. The molecule has 0 fully saturated rings. The standard InChI is InChI=1S/C23H25N3O8/c1-26(2)8-14(28)25-12-4-3-9-5-10-6-11-7-13(27)17(22(24)33)21(32)23(11,34)20(31)16(10)19(30)15(9)18(12)29/h3-4,10-11,27,29,31,34H,5-8H2,1-2H3,(H2,24,33)(H,25,28)/t10-,11-,23-/m0/s1. The van der Waals surface area contributed by atoms with E-state index in [4.69, 9.17) is 5.73 Å². The van der Waals surface area contributed by atoms with Crippen molar-refractivity contribution in [3.05, 3.63) is 45.9 Å². The summed E-state index contributed by atoms with van der Waals surface area (Å²) in [6.45, 7) is 0.0393. The molecule has 0 spiro atoms. The first-order valence-corrected chi connectivity index (χ1v) is 10.6. The lowest BCUT2D eigenvalue weighted by Crippen LogP contribution is -2.57. The highest BCUT2D eigenvalue weighted by Gasteiger charge is 2.59. The van der Waals surface area contributed by atoms with Crippen LogP contribution in [0, 0.1) is 11.8 Å². The Balaban J connectivity index is 1.79. The summed E-state index contributed by atoms with van der Waals surface area (Å²) in [5, 5.41) is 45.7. The van der Waals surface area contributed by atoms with Crippen molar-refractivity contribution in [2.45, 2.75) is 24.9 Å². The molecule has 11 nitrogen and oxygen atoms in total. The number of phenolic OH excluding ortho intramolecular Hbond substituents is 1. The lowest BCUT2D eigenvalue weighted by atomic mass is 9.60. The fourth-order valence-electron chi connectivity index (χ4n) is 5.17. The maximum absolute atomic E-state index is 13.4. The molecular weight excluding hydrogens is 446 g/mol. The van der Waals surface area contributed by atoms with Crippen LogP contribution in [-0.2, 0) is 20.8 Å². The summed E-state index contributed by atoms with van der Waals surface area (Å²) in [5.74, 6) is -7.31. The van der Waals surface area contributed by atoms with Crippen molar-refractivity contribution in [2.24, 2.45) is 17.6 Å². The summed E-state index contributed by atoms with van der Waals surface area (Å²) in [6.07, 6.45) is -0.0175. The predicted molar refractivity (Wildman–Crippen MR) is 118 cm³/mol. The Labute approximate surface area is 194 Å². The highest BCUT2D eigenvalue weighted by atomic mass is 16.3. The van der Waals surface area contributed by atoms with E-state index in [1.165, 1.54) is 6.07 Å². The molecule has 3 aliphatic rings. The summed E-state index contributed by atoms with van der Waals surface area (Å²) >= 11 is 0. The van der Waals surface area contributed by atoms with Crippen molar-refractivity contribution >= 4 is 29.1 Å². The van der Waals surface area contributed by atoms with Gasteiger partial charge in [-0.2, -0.15) is 0 Å². The monoisotopic (exact) mass is 471 g/mol. The molecule has 0 saturated carbocycles. The highest BCUT2D eigenvalue weighted by molar-refractivity contribution is 6.24. The lowest BCUT2D eigenvalue weighted by molar-refractivity contribution is -0.144. The smallest absolute Gasteiger partial charge is 0.255 e. The number of nitrogens with two attached hydrogens (primary N) is 1. The number of rotatable bonds is 4. The fraction of sp³-hybridized carbons (Fsp3) is 0.391. The second-order valence-corrected chi connectivity index (χ2v) is 9.19. The minimum Gasteiger partial charge on any atom is -0.511 e. The largest absolute Gasteiger partial charge is 0.511 e. The zero-order valence-corrected chi connectivity index (χ0v) is 18.6. The number of carbonyl (C=O) groups excluding carboxylic acids is 4. The van der Waals surface area contributed by atoms with Gasteiger partial charge in [0.25, 0.3) is 5.91 Å². The first-order chi connectivity index (χ1) is 15.9. The third kappa shape index (κ3) is 3.35. The Bertz CT molecular complexity index is 1210. The molecular formula is C23H25N3O8. The molecule has 2 amide bonds. The van der Waals surface area contributed by atoms with Crippen LogP contribution >= 0.6 is 0 Å². The van der Waals surface area contributed by atoms with Gasteiger partial charge >= 0.3 is 0 Å². The first kappa shape index (κ1) is 23.5. The number of aromatic hydroxyl groups is 1. The Kier molecular flexibility index (Phi) is 5.49. The number of nitrogens with one attached hydrogen (secondary N) is 1. The second-order valence-electron chi connectivity index (χ2n) is 9.19. The average Bonchev–Trinajstić information content (AvgIpc) is 2.72. The normalized spacial score (nSPS) is 26.2. The van der Waals surface area contributed by atoms with Crippen LogP contribution in [0.5, 0.6) is 5.75 Å². The van der Waals surface area contributed by atoms with Crippen LogP contribution in [0.1, 0.15) is 28.8 Å². The molecule has 34 heavy (non-hydrogen) atoms. The molecule has 0 aliphatic heterocycles. The van der Waals surface area contributed by atoms with E-state index >= 15 is 0 Å². The van der Waals surface area contributed by atoms with Crippen molar-refractivity contribution in [1.82, 2.24) is 4.90 Å². The zero-order chi connectivity index (χ0) is 25.1. The zero-order valence-electron chi connectivity index (χ0n) is 18.6. The quantitative estimate of drug-likeness (QED) is 0.261. The van der Waals surface area contributed by atoms with Gasteiger partial charge in [-0.25, -0.2) is 0 Å². The number of likely N-dealkylation sites (N-methyl/N-ethyl adjacent to an activating group) is 1. The number of phenols is 1. The Morgan fingerprint density at radius 2 is 1.85 bits per heavy atom. The van der Waals surface area contributed by atoms with E-state index in [-0.39, 0.29) is 42.6 Å². The molecule has 1 aromatic carbocycles. The molecule has 0 unspecified atom stereocenters. The van der Waals surface area contributed by atoms with Crippen LogP contribution in [0.25, 0.3) is 0 Å². The van der Waals surface area contributed by atoms with E-state index in [0.717, 1.165) is 0 Å². The van der Waals surface area contributed by atoms with E-state index in [2.05, 4.69) is 5.32 Å². The van der Waals surface area contributed by atoms with Crippen molar-refractivity contribution in [3.63, 3.8) is 0 Å². The maximum Gasteiger partial charge on any atom is 0.255 e. The van der Waals surface area contributed by atoms with Crippen molar-refractivity contribution < 1.29 is 39.6 Å². The number of aliphatic hydroxyl groups is 3. The van der Waals surface area contributed by atoms with E-state index in [0.29, 0.717) is 5.56 Å². The summed E-state index contributed by atoms with van der Waals surface area (Å²) < 4.78 is 0. The van der Waals surface area contributed by atoms with Crippen molar-refractivity contribution in [3.8, 4) is 5.75 Å². The molecule has 1 aromatic rings. The molecule has 3 atom stereocenters. The minimum atomic E-state index is -2.61. The van der Waals surface area contributed by atoms with Gasteiger partial charge in [0.15, 0.2) is 17.1 Å². The van der Waals surface area contributed by atoms with Gasteiger partial charge in [0.05, 0.1) is 17.8 Å². The molecule has 0 heterocycles. The van der Waals surface area contributed by atoms with E-state index in [1.54, 1.807) is 25.1 Å². The number of primary amides is 1. The van der Waals surface area contributed by atoms with Crippen LogP contribution in [0.3, 0.4) is 0 Å². The molecule has 3 aliphatic carbocycles. The number of ketones is 2. The van der Waals surface area contributed by atoms with E-state index < -0.39 is 63.7 Å². The van der Waals surface area contributed by atoms with Crippen LogP contribution in [0.4, 0.5) is 5.69 Å². The number of carbonyl (C=O) groups is 4. The summed E-state index contributed by atoms with van der Waals surface area (Å²) in [6, 6.07) is 3.06. The van der Waals surface area contributed by atoms with Gasteiger partial charge in [-0.15, -0.1) is 0 Å². The number of fused-ring (bicyclic) bond motifs is 3. The summed E-state index contributed by atoms with van der Waals surface area (Å²) in [4.78, 5) is 51.8. The third-order valence-corrected chi connectivity index (χ3v) is 6.67. The Morgan fingerprint density at radius 1 is 1.18 bits per heavy atom. The molecule has 7 N–H and O–H groups in total. The van der Waals surface area contributed by atoms with Crippen LogP contribution < -0.4 is 11.1 Å². The molecule has 0 aromatic heterocycles. The number of nitrogens with zero attached hydrogens (tertiary/aromatic N) is 1.